The minimum atomic E-state index is -0.867. The van der Waals surface area contributed by atoms with Gasteiger partial charge in [-0.3, -0.25) is 9.59 Å². The number of amides is 1. The number of rotatable bonds is 3. The second kappa shape index (κ2) is 6.14. The molecule has 102 valence electrons. The Morgan fingerprint density at radius 3 is 2.84 bits per heavy atom. The largest absolute Gasteiger partial charge is 0.481 e. The summed E-state index contributed by atoms with van der Waals surface area (Å²) in [6.07, 6.45) is 4.20. The van der Waals surface area contributed by atoms with Crippen molar-refractivity contribution in [3.8, 4) is 0 Å². The molecule has 1 aliphatic rings. The standard InChI is InChI=1S/C13H15BrN2O3/c14-9-4-5-11(15-8-9)13(19)16-6-2-1-3-10(16)7-12(17)18/h4-5,8,10H,1-3,6-7H2,(H,17,18). The Hall–Kier alpha value is -1.43. The van der Waals surface area contributed by atoms with Gasteiger partial charge < -0.3 is 10.0 Å². The molecule has 1 aromatic heterocycles. The van der Waals surface area contributed by atoms with E-state index < -0.39 is 5.97 Å². The molecule has 0 spiro atoms. The summed E-state index contributed by atoms with van der Waals surface area (Å²) < 4.78 is 0.810. The lowest BCUT2D eigenvalue weighted by Gasteiger charge is -2.34. The van der Waals surface area contributed by atoms with E-state index in [-0.39, 0.29) is 18.4 Å². The molecular weight excluding hydrogens is 312 g/mol. The van der Waals surface area contributed by atoms with Crippen LogP contribution >= 0.6 is 15.9 Å². The highest BCUT2D eigenvalue weighted by atomic mass is 79.9. The van der Waals surface area contributed by atoms with Gasteiger partial charge in [-0.1, -0.05) is 0 Å². The second-order valence-corrected chi connectivity index (χ2v) is 5.52. The van der Waals surface area contributed by atoms with Crippen molar-refractivity contribution >= 4 is 27.8 Å². The minimum absolute atomic E-state index is 0.00225. The van der Waals surface area contributed by atoms with Crippen molar-refractivity contribution in [1.29, 1.82) is 0 Å². The van der Waals surface area contributed by atoms with E-state index >= 15 is 0 Å². The van der Waals surface area contributed by atoms with Crippen LogP contribution in [-0.2, 0) is 4.79 Å². The molecule has 1 N–H and O–H groups in total. The van der Waals surface area contributed by atoms with Crippen molar-refractivity contribution < 1.29 is 14.7 Å². The Kier molecular flexibility index (Phi) is 4.52. The Bertz CT molecular complexity index is 475. The van der Waals surface area contributed by atoms with Gasteiger partial charge in [0.15, 0.2) is 0 Å². The first-order chi connectivity index (χ1) is 9.08. The Balaban J connectivity index is 2.15. The number of aromatic nitrogens is 1. The van der Waals surface area contributed by atoms with Gasteiger partial charge in [0, 0.05) is 23.3 Å². The van der Waals surface area contributed by atoms with Crippen LogP contribution in [0.2, 0.25) is 0 Å². The number of hydrogen-bond acceptors (Lipinski definition) is 3. The number of pyridine rings is 1. The molecule has 1 fully saturated rings. The number of halogens is 1. The van der Waals surface area contributed by atoms with Gasteiger partial charge in [0.05, 0.1) is 6.42 Å². The third-order valence-corrected chi connectivity index (χ3v) is 3.71. The van der Waals surface area contributed by atoms with Crippen LogP contribution in [-0.4, -0.2) is 39.5 Å². The van der Waals surface area contributed by atoms with Gasteiger partial charge in [-0.25, -0.2) is 4.98 Å². The maximum atomic E-state index is 12.4. The number of carboxylic acids is 1. The summed E-state index contributed by atoms with van der Waals surface area (Å²) in [6, 6.07) is 3.19. The zero-order chi connectivity index (χ0) is 13.8. The van der Waals surface area contributed by atoms with E-state index in [1.807, 2.05) is 0 Å². The van der Waals surface area contributed by atoms with E-state index in [9.17, 15) is 9.59 Å². The minimum Gasteiger partial charge on any atom is -0.481 e. The molecule has 1 unspecified atom stereocenters. The van der Waals surface area contributed by atoms with E-state index in [1.165, 1.54) is 0 Å². The Morgan fingerprint density at radius 2 is 2.21 bits per heavy atom. The van der Waals surface area contributed by atoms with E-state index in [2.05, 4.69) is 20.9 Å². The molecule has 1 saturated heterocycles. The van der Waals surface area contributed by atoms with Crippen LogP contribution in [0.3, 0.4) is 0 Å². The summed E-state index contributed by atoms with van der Waals surface area (Å²) in [5.41, 5.74) is 0.362. The third kappa shape index (κ3) is 3.53. The lowest BCUT2D eigenvalue weighted by atomic mass is 9.99. The average molecular weight is 327 g/mol. The van der Waals surface area contributed by atoms with Crippen molar-refractivity contribution in [2.75, 3.05) is 6.54 Å². The predicted molar refractivity (Wildman–Crippen MR) is 72.9 cm³/mol. The first-order valence-corrected chi connectivity index (χ1v) is 7.01. The number of likely N-dealkylation sites (tertiary alicyclic amines) is 1. The van der Waals surface area contributed by atoms with Gasteiger partial charge >= 0.3 is 5.97 Å². The van der Waals surface area contributed by atoms with E-state index in [0.717, 1.165) is 23.7 Å². The van der Waals surface area contributed by atoms with E-state index in [4.69, 9.17) is 5.11 Å². The number of piperidine rings is 1. The summed E-state index contributed by atoms with van der Waals surface area (Å²) in [5.74, 6) is -1.05. The van der Waals surface area contributed by atoms with Crippen molar-refractivity contribution in [3.63, 3.8) is 0 Å². The molecule has 2 rings (SSSR count). The number of carboxylic acid groups (broad SMARTS) is 1. The molecule has 0 bridgehead atoms. The van der Waals surface area contributed by atoms with Crippen molar-refractivity contribution in [3.05, 3.63) is 28.5 Å². The maximum absolute atomic E-state index is 12.4. The lowest BCUT2D eigenvalue weighted by molar-refractivity contribution is -0.138. The quantitative estimate of drug-likeness (QED) is 0.925. The number of hydrogen-bond donors (Lipinski definition) is 1. The zero-order valence-electron chi connectivity index (χ0n) is 10.4. The normalized spacial score (nSPS) is 19.2. The zero-order valence-corrected chi connectivity index (χ0v) is 12.0. The fourth-order valence-electron chi connectivity index (χ4n) is 2.33. The Morgan fingerprint density at radius 1 is 1.42 bits per heavy atom. The van der Waals surface area contributed by atoms with Crippen LogP contribution in [0.25, 0.3) is 0 Å². The van der Waals surface area contributed by atoms with Gasteiger partial charge in [0.2, 0.25) is 0 Å². The second-order valence-electron chi connectivity index (χ2n) is 4.61. The molecule has 2 heterocycles. The highest BCUT2D eigenvalue weighted by Crippen LogP contribution is 2.22. The van der Waals surface area contributed by atoms with Crippen molar-refractivity contribution in [1.82, 2.24) is 9.88 Å². The molecule has 1 aliphatic heterocycles. The van der Waals surface area contributed by atoms with Gasteiger partial charge in [-0.05, 0) is 47.3 Å². The van der Waals surface area contributed by atoms with Crippen LogP contribution in [0.5, 0.6) is 0 Å². The van der Waals surface area contributed by atoms with Gasteiger partial charge in [-0.2, -0.15) is 0 Å². The molecule has 0 saturated carbocycles. The van der Waals surface area contributed by atoms with Gasteiger partial charge in [0.1, 0.15) is 5.69 Å². The molecule has 6 heteroatoms. The van der Waals surface area contributed by atoms with Crippen LogP contribution in [0.1, 0.15) is 36.2 Å². The summed E-state index contributed by atoms with van der Waals surface area (Å²) in [7, 11) is 0. The van der Waals surface area contributed by atoms with Crippen LogP contribution < -0.4 is 0 Å². The molecule has 0 aromatic carbocycles. The molecule has 0 radical (unpaired) electrons. The molecule has 19 heavy (non-hydrogen) atoms. The summed E-state index contributed by atoms with van der Waals surface area (Å²) in [6.45, 7) is 0.606. The molecular formula is C13H15BrN2O3. The van der Waals surface area contributed by atoms with E-state index in [1.54, 1.807) is 23.2 Å². The van der Waals surface area contributed by atoms with Crippen LogP contribution in [0.4, 0.5) is 0 Å². The lowest BCUT2D eigenvalue weighted by Crippen LogP contribution is -2.45. The molecule has 1 aromatic rings. The topological polar surface area (TPSA) is 70.5 Å². The number of carbonyl (C=O) groups excluding carboxylic acids is 1. The molecule has 0 aliphatic carbocycles. The van der Waals surface area contributed by atoms with E-state index in [0.29, 0.717) is 12.2 Å². The first-order valence-electron chi connectivity index (χ1n) is 6.22. The van der Waals surface area contributed by atoms with Crippen LogP contribution in [0.15, 0.2) is 22.8 Å². The van der Waals surface area contributed by atoms with Crippen LogP contribution in [0, 0.1) is 0 Å². The fraction of sp³-hybridized carbons (Fsp3) is 0.462. The van der Waals surface area contributed by atoms with Gasteiger partial charge in [-0.15, -0.1) is 0 Å². The monoisotopic (exact) mass is 326 g/mol. The molecule has 5 nitrogen and oxygen atoms in total. The van der Waals surface area contributed by atoms with Crippen molar-refractivity contribution in [2.24, 2.45) is 0 Å². The summed E-state index contributed by atoms with van der Waals surface area (Å²) in [5, 5.41) is 8.91. The smallest absolute Gasteiger partial charge is 0.305 e. The summed E-state index contributed by atoms with van der Waals surface area (Å²) >= 11 is 3.27. The summed E-state index contributed by atoms with van der Waals surface area (Å²) in [4.78, 5) is 28.9. The third-order valence-electron chi connectivity index (χ3n) is 3.24. The fourth-order valence-corrected chi connectivity index (χ4v) is 2.57. The highest BCUT2D eigenvalue weighted by Gasteiger charge is 2.29. The molecule has 1 atom stereocenters. The number of nitrogens with zero attached hydrogens (tertiary/aromatic N) is 2. The van der Waals surface area contributed by atoms with Crippen molar-refractivity contribution in [2.45, 2.75) is 31.7 Å². The predicted octanol–water partition coefficient (Wildman–Crippen LogP) is 2.31. The average Bonchev–Trinajstić information content (AvgIpc) is 2.39. The SMILES string of the molecule is O=C(O)CC1CCCCN1C(=O)c1ccc(Br)cn1. The number of aliphatic carboxylic acids is 1. The molecule has 1 amide bonds. The maximum Gasteiger partial charge on any atom is 0.305 e. The highest BCUT2D eigenvalue weighted by molar-refractivity contribution is 9.10. The van der Waals surface area contributed by atoms with Gasteiger partial charge in [0.25, 0.3) is 5.91 Å². The number of carbonyl (C=O) groups is 2. The first kappa shape index (κ1) is 14.0. The Labute approximate surface area is 119 Å².